The van der Waals surface area contributed by atoms with E-state index < -0.39 is 0 Å². The molecule has 3 nitrogen and oxygen atoms in total. The molecule has 1 aliphatic heterocycles. The van der Waals surface area contributed by atoms with Crippen molar-refractivity contribution in [2.45, 2.75) is 26.8 Å². The Hall–Kier alpha value is -1.94. The number of fused-ring (bicyclic) bond motifs is 1. The Morgan fingerprint density at radius 3 is 1.83 bits per heavy atom. The van der Waals surface area contributed by atoms with Gasteiger partial charge in [-0.25, -0.2) is 0 Å². The van der Waals surface area contributed by atoms with Crippen molar-refractivity contribution in [1.82, 2.24) is 4.90 Å². The van der Waals surface area contributed by atoms with Gasteiger partial charge in [-0.15, -0.1) is 0 Å². The van der Waals surface area contributed by atoms with Gasteiger partial charge in [-0.3, -0.25) is 14.5 Å². The van der Waals surface area contributed by atoms with Crippen molar-refractivity contribution in [2.24, 2.45) is 5.41 Å². The van der Waals surface area contributed by atoms with Crippen LogP contribution >= 0.6 is 15.9 Å². The summed E-state index contributed by atoms with van der Waals surface area (Å²) in [6.07, 6.45) is 0. The van der Waals surface area contributed by atoms with Gasteiger partial charge in [0.1, 0.15) is 0 Å². The van der Waals surface area contributed by atoms with E-state index in [9.17, 15) is 9.59 Å². The fraction of sp³-hybridized carbons (Fsp3) is 0.263. The molecule has 0 unspecified atom stereocenters. The van der Waals surface area contributed by atoms with E-state index in [1.807, 2.05) is 45.0 Å². The first-order chi connectivity index (χ1) is 10.8. The number of hydrogen-bond donors (Lipinski definition) is 0. The molecule has 23 heavy (non-hydrogen) atoms. The summed E-state index contributed by atoms with van der Waals surface area (Å²) >= 11 is 3.56. The number of amides is 2. The molecular weight excluding hydrogens is 354 g/mol. The van der Waals surface area contributed by atoms with Gasteiger partial charge in [0.25, 0.3) is 11.8 Å². The topological polar surface area (TPSA) is 37.4 Å². The molecular formula is C19H18BrNO2. The monoisotopic (exact) mass is 371 g/mol. The summed E-state index contributed by atoms with van der Waals surface area (Å²) in [4.78, 5) is 27.1. The number of halogens is 1. The SMILES string of the molecule is CC(C)(C)[C@H](c1ccccc1Br)N1C(=O)c2ccccc2C1=O. The van der Waals surface area contributed by atoms with Gasteiger partial charge < -0.3 is 0 Å². The number of imide groups is 1. The Morgan fingerprint density at radius 2 is 1.35 bits per heavy atom. The molecule has 4 heteroatoms. The Bertz CT molecular complexity index is 757. The molecule has 0 bridgehead atoms. The molecule has 0 radical (unpaired) electrons. The third kappa shape index (κ3) is 2.61. The van der Waals surface area contributed by atoms with Crippen molar-refractivity contribution < 1.29 is 9.59 Å². The van der Waals surface area contributed by atoms with Crippen LogP contribution in [0.4, 0.5) is 0 Å². The first-order valence-corrected chi connectivity index (χ1v) is 8.33. The highest BCUT2D eigenvalue weighted by Gasteiger charge is 2.45. The van der Waals surface area contributed by atoms with Crippen molar-refractivity contribution in [3.05, 3.63) is 69.7 Å². The van der Waals surface area contributed by atoms with Gasteiger partial charge in [0.2, 0.25) is 0 Å². The fourth-order valence-electron chi connectivity index (χ4n) is 3.13. The maximum absolute atomic E-state index is 12.9. The predicted molar refractivity (Wildman–Crippen MR) is 93.3 cm³/mol. The van der Waals surface area contributed by atoms with E-state index in [0.29, 0.717) is 11.1 Å². The highest BCUT2D eigenvalue weighted by molar-refractivity contribution is 9.10. The quantitative estimate of drug-likeness (QED) is 0.708. The third-order valence-corrected chi connectivity index (χ3v) is 4.83. The minimum Gasteiger partial charge on any atom is -0.269 e. The molecule has 2 amide bonds. The fourth-order valence-corrected chi connectivity index (χ4v) is 3.63. The lowest BCUT2D eigenvalue weighted by Gasteiger charge is -2.37. The van der Waals surface area contributed by atoms with Crippen LogP contribution in [0.3, 0.4) is 0 Å². The van der Waals surface area contributed by atoms with Gasteiger partial charge >= 0.3 is 0 Å². The van der Waals surface area contributed by atoms with Gasteiger partial charge in [0.15, 0.2) is 0 Å². The van der Waals surface area contributed by atoms with Crippen LogP contribution in [0.1, 0.15) is 53.1 Å². The number of hydrogen-bond acceptors (Lipinski definition) is 2. The van der Waals surface area contributed by atoms with Crippen LogP contribution in [0.5, 0.6) is 0 Å². The summed E-state index contributed by atoms with van der Waals surface area (Å²) in [7, 11) is 0. The predicted octanol–water partition coefficient (Wildman–Crippen LogP) is 4.83. The zero-order valence-electron chi connectivity index (χ0n) is 13.3. The van der Waals surface area contributed by atoms with Gasteiger partial charge in [0, 0.05) is 4.47 Å². The number of nitrogens with zero attached hydrogens (tertiary/aromatic N) is 1. The van der Waals surface area contributed by atoms with E-state index in [0.717, 1.165) is 10.0 Å². The van der Waals surface area contributed by atoms with Gasteiger partial charge in [-0.05, 0) is 29.2 Å². The average Bonchev–Trinajstić information content (AvgIpc) is 2.74. The zero-order valence-corrected chi connectivity index (χ0v) is 14.9. The molecule has 1 heterocycles. The van der Waals surface area contributed by atoms with Crippen LogP contribution in [0.2, 0.25) is 0 Å². The highest BCUT2D eigenvalue weighted by Crippen LogP contribution is 2.44. The molecule has 0 aliphatic carbocycles. The van der Waals surface area contributed by atoms with Crippen LogP contribution < -0.4 is 0 Å². The summed E-state index contributed by atoms with van der Waals surface area (Å²) in [5.41, 5.74) is 1.61. The third-order valence-electron chi connectivity index (χ3n) is 4.10. The number of benzene rings is 2. The van der Waals surface area contributed by atoms with Crippen LogP contribution in [-0.4, -0.2) is 16.7 Å². The van der Waals surface area contributed by atoms with Crippen molar-refractivity contribution in [3.63, 3.8) is 0 Å². The Labute approximate surface area is 144 Å². The molecule has 1 atom stereocenters. The van der Waals surface area contributed by atoms with Crippen LogP contribution in [0.15, 0.2) is 53.0 Å². The zero-order chi connectivity index (χ0) is 16.8. The summed E-state index contributed by atoms with van der Waals surface area (Å²) in [5, 5.41) is 0. The molecule has 3 rings (SSSR count). The average molecular weight is 372 g/mol. The molecule has 0 saturated carbocycles. The largest absolute Gasteiger partial charge is 0.269 e. The first-order valence-electron chi connectivity index (χ1n) is 7.53. The number of carbonyl (C=O) groups excluding carboxylic acids is 2. The molecule has 0 saturated heterocycles. The second-order valence-corrected chi connectivity index (χ2v) is 7.67. The van der Waals surface area contributed by atoms with Crippen molar-refractivity contribution in [1.29, 1.82) is 0 Å². The van der Waals surface area contributed by atoms with E-state index >= 15 is 0 Å². The van der Waals surface area contributed by atoms with Crippen LogP contribution in [0, 0.1) is 5.41 Å². The first kappa shape index (κ1) is 15.9. The Morgan fingerprint density at radius 1 is 0.870 bits per heavy atom. The number of rotatable bonds is 2. The van der Waals surface area contributed by atoms with Crippen molar-refractivity contribution >= 4 is 27.7 Å². The normalized spacial score (nSPS) is 15.7. The molecule has 0 N–H and O–H groups in total. The minimum atomic E-state index is -0.342. The van der Waals surface area contributed by atoms with Gasteiger partial charge in [0.05, 0.1) is 17.2 Å². The second kappa shape index (κ2) is 5.60. The van der Waals surface area contributed by atoms with Crippen molar-refractivity contribution in [2.75, 3.05) is 0 Å². The van der Waals surface area contributed by atoms with Crippen molar-refractivity contribution in [3.8, 4) is 0 Å². The molecule has 118 valence electrons. The minimum absolute atomic E-state index is 0.221. The highest BCUT2D eigenvalue weighted by atomic mass is 79.9. The Balaban J connectivity index is 2.16. The van der Waals surface area contributed by atoms with E-state index in [2.05, 4.69) is 15.9 Å². The lowest BCUT2D eigenvalue weighted by molar-refractivity contribution is 0.0452. The van der Waals surface area contributed by atoms with Gasteiger partial charge in [-0.1, -0.05) is 67.0 Å². The number of carbonyl (C=O) groups is 2. The smallest absolute Gasteiger partial charge is 0.262 e. The molecule has 0 aromatic heterocycles. The van der Waals surface area contributed by atoms with Gasteiger partial charge in [-0.2, -0.15) is 0 Å². The lowest BCUT2D eigenvalue weighted by atomic mass is 9.81. The molecule has 0 fully saturated rings. The molecule has 2 aromatic carbocycles. The molecule has 1 aliphatic rings. The standard InChI is InChI=1S/C19H18BrNO2/c1-19(2,3)16(14-10-6-7-11-15(14)20)21-17(22)12-8-4-5-9-13(12)18(21)23/h4-11,16H,1-3H3/t16-/m0/s1. The maximum atomic E-state index is 12.9. The second-order valence-electron chi connectivity index (χ2n) is 6.82. The maximum Gasteiger partial charge on any atom is 0.262 e. The molecule has 0 spiro atoms. The van der Waals surface area contributed by atoms with E-state index in [1.165, 1.54) is 4.90 Å². The van der Waals surface area contributed by atoms with E-state index in [-0.39, 0.29) is 23.3 Å². The molecule has 2 aromatic rings. The Kier molecular flexibility index (Phi) is 3.88. The lowest BCUT2D eigenvalue weighted by Crippen LogP contribution is -2.41. The van der Waals surface area contributed by atoms with E-state index in [4.69, 9.17) is 0 Å². The summed E-state index contributed by atoms with van der Waals surface area (Å²) in [6, 6.07) is 14.4. The van der Waals surface area contributed by atoms with E-state index in [1.54, 1.807) is 24.3 Å². The van der Waals surface area contributed by atoms with Crippen LogP contribution in [-0.2, 0) is 0 Å². The summed E-state index contributed by atoms with van der Waals surface area (Å²) in [5.74, 6) is -0.442. The van der Waals surface area contributed by atoms with Crippen LogP contribution in [0.25, 0.3) is 0 Å². The summed E-state index contributed by atoms with van der Waals surface area (Å²) in [6.45, 7) is 6.13. The summed E-state index contributed by atoms with van der Waals surface area (Å²) < 4.78 is 0.900.